The molecule has 0 unspecified atom stereocenters. The molecule has 0 bridgehead atoms. The van der Waals surface area contributed by atoms with Crippen molar-refractivity contribution in [2.75, 3.05) is 19.3 Å². The third kappa shape index (κ3) is 5.18. The van der Waals surface area contributed by atoms with E-state index in [0.717, 1.165) is 35.5 Å². The number of aromatic nitrogens is 2. The summed E-state index contributed by atoms with van der Waals surface area (Å²) in [6.45, 7) is 5.66. The zero-order chi connectivity index (χ0) is 17.5. The summed E-state index contributed by atoms with van der Waals surface area (Å²) in [5, 5.41) is 11.9. The third-order valence-corrected chi connectivity index (χ3v) is 5.06. The first-order valence-corrected chi connectivity index (χ1v) is 9.19. The molecule has 0 spiro atoms. The van der Waals surface area contributed by atoms with Crippen molar-refractivity contribution in [1.29, 1.82) is 0 Å². The maximum Gasteiger partial charge on any atom is 0.191 e. The normalized spacial score (nSPS) is 11.6. The van der Waals surface area contributed by atoms with Gasteiger partial charge in [0.05, 0.1) is 5.69 Å². The van der Waals surface area contributed by atoms with Crippen LogP contribution in [0.4, 0.5) is 0 Å². The Morgan fingerprint density at radius 3 is 2.54 bits per heavy atom. The van der Waals surface area contributed by atoms with E-state index in [4.69, 9.17) is 11.6 Å². The van der Waals surface area contributed by atoms with Crippen molar-refractivity contribution in [1.82, 2.24) is 20.4 Å². The van der Waals surface area contributed by atoms with Gasteiger partial charge in [0.2, 0.25) is 0 Å². The van der Waals surface area contributed by atoms with E-state index in [9.17, 15) is 0 Å². The fraction of sp³-hybridized carbons (Fsp3) is 0.412. The minimum atomic E-state index is 0.718. The molecule has 0 radical (unpaired) electrons. The average Bonchev–Trinajstić information content (AvgIpc) is 2.81. The molecular weight excluding hydrogens is 342 g/mol. The molecule has 0 amide bonds. The first-order chi connectivity index (χ1) is 11.5. The van der Waals surface area contributed by atoms with Gasteiger partial charge in [0.1, 0.15) is 0 Å². The van der Waals surface area contributed by atoms with Crippen LogP contribution in [-0.2, 0) is 13.6 Å². The molecule has 7 heteroatoms. The summed E-state index contributed by atoms with van der Waals surface area (Å²) in [4.78, 5) is 5.48. The summed E-state index contributed by atoms with van der Waals surface area (Å²) in [6, 6.07) is 7.90. The van der Waals surface area contributed by atoms with Gasteiger partial charge in [-0.2, -0.15) is 5.10 Å². The lowest BCUT2D eigenvalue weighted by molar-refractivity contribution is 0.729. The van der Waals surface area contributed by atoms with E-state index in [1.54, 1.807) is 18.8 Å². The fourth-order valence-electron chi connectivity index (χ4n) is 2.34. The number of guanidine groups is 1. The van der Waals surface area contributed by atoms with E-state index in [0.29, 0.717) is 0 Å². The van der Waals surface area contributed by atoms with Crippen molar-refractivity contribution in [2.24, 2.45) is 12.0 Å². The van der Waals surface area contributed by atoms with Crippen LogP contribution >= 0.6 is 23.4 Å². The second-order valence-corrected chi connectivity index (χ2v) is 7.03. The van der Waals surface area contributed by atoms with Crippen LogP contribution in [0.3, 0.4) is 0 Å². The Kier molecular flexibility index (Phi) is 6.99. The lowest BCUT2D eigenvalue weighted by Crippen LogP contribution is -2.38. The van der Waals surface area contributed by atoms with E-state index in [2.05, 4.69) is 27.6 Å². The van der Waals surface area contributed by atoms with Crippen molar-refractivity contribution in [3.63, 3.8) is 0 Å². The predicted molar refractivity (Wildman–Crippen MR) is 103 cm³/mol. The SMILES string of the molecule is CN=C(NCCSc1ccc(Cl)cc1)NCc1c(C)nn(C)c1C. The van der Waals surface area contributed by atoms with Crippen LogP contribution in [0.5, 0.6) is 0 Å². The lowest BCUT2D eigenvalue weighted by atomic mass is 10.2. The first-order valence-electron chi connectivity index (χ1n) is 7.83. The second kappa shape index (κ2) is 8.99. The molecule has 1 heterocycles. The Balaban J connectivity index is 1.75. The number of nitrogens with zero attached hydrogens (tertiary/aromatic N) is 3. The van der Waals surface area contributed by atoms with Gasteiger partial charge in [-0.3, -0.25) is 9.67 Å². The van der Waals surface area contributed by atoms with Crippen molar-refractivity contribution in [3.8, 4) is 0 Å². The number of hydrogen-bond donors (Lipinski definition) is 2. The molecule has 2 aromatic rings. The number of aryl methyl sites for hydroxylation is 2. The number of aliphatic imine (C=N–C) groups is 1. The van der Waals surface area contributed by atoms with Gasteiger partial charge in [-0.25, -0.2) is 0 Å². The molecule has 130 valence electrons. The maximum absolute atomic E-state index is 5.89. The third-order valence-electron chi connectivity index (χ3n) is 3.79. The molecule has 1 aromatic carbocycles. The molecule has 0 aliphatic heterocycles. The number of halogens is 1. The standard InChI is InChI=1S/C17H24ClN5S/c1-12-16(13(2)23(4)22-12)11-21-17(19-3)20-9-10-24-15-7-5-14(18)6-8-15/h5-8H,9-11H2,1-4H3,(H2,19,20,21). The van der Waals surface area contributed by atoms with Crippen LogP contribution in [0.25, 0.3) is 0 Å². The highest BCUT2D eigenvalue weighted by molar-refractivity contribution is 7.99. The molecule has 0 atom stereocenters. The van der Waals surface area contributed by atoms with Crippen LogP contribution in [-0.4, -0.2) is 35.1 Å². The summed E-state index contributed by atoms with van der Waals surface area (Å²) in [6.07, 6.45) is 0. The molecule has 0 saturated carbocycles. The van der Waals surface area contributed by atoms with Gasteiger partial charge in [0.15, 0.2) is 5.96 Å². The van der Waals surface area contributed by atoms with Crippen molar-refractivity contribution in [3.05, 3.63) is 46.2 Å². The van der Waals surface area contributed by atoms with Crippen LogP contribution in [0.15, 0.2) is 34.2 Å². The van der Waals surface area contributed by atoms with Gasteiger partial charge in [0, 0.05) is 54.1 Å². The number of nitrogens with one attached hydrogen (secondary N) is 2. The molecule has 0 aliphatic rings. The Morgan fingerprint density at radius 2 is 1.96 bits per heavy atom. The highest BCUT2D eigenvalue weighted by atomic mass is 35.5. The molecule has 2 N–H and O–H groups in total. The minimum Gasteiger partial charge on any atom is -0.356 e. The van der Waals surface area contributed by atoms with E-state index < -0.39 is 0 Å². The zero-order valence-corrected chi connectivity index (χ0v) is 16.1. The van der Waals surface area contributed by atoms with Crippen LogP contribution < -0.4 is 10.6 Å². The minimum absolute atomic E-state index is 0.718. The van der Waals surface area contributed by atoms with Gasteiger partial charge >= 0.3 is 0 Å². The van der Waals surface area contributed by atoms with E-state index in [-0.39, 0.29) is 0 Å². The van der Waals surface area contributed by atoms with E-state index in [1.807, 2.05) is 42.9 Å². The van der Waals surface area contributed by atoms with Gasteiger partial charge < -0.3 is 10.6 Å². The summed E-state index contributed by atoms with van der Waals surface area (Å²) in [7, 11) is 3.75. The molecular formula is C17H24ClN5S. The van der Waals surface area contributed by atoms with Crippen molar-refractivity contribution >= 4 is 29.3 Å². The Hall–Kier alpha value is -1.66. The summed E-state index contributed by atoms with van der Waals surface area (Å²) in [5.41, 5.74) is 3.45. The second-order valence-electron chi connectivity index (χ2n) is 5.43. The van der Waals surface area contributed by atoms with Crippen LogP contribution in [0.2, 0.25) is 5.02 Å². The van der Waals surface area contributed by atoms with Gasteiger partial charge in [-0.05, 0) is 38.1 Å². The van der Waals surface area contributed by atoms with Gasteiger partial charge in [-0.1, -0.05) is 11.6 Å². The lowest BCUT2D eigenvalue weighted by Gasteiger charge is -2.12. The zero-order valence-electron chi connectivity index (χ0n) is 14.6. The Bertz CT molecular complexity index is 694. The maximum atomic E-state index is 5.89. The van der Waals surface area contributed by atoms with E-state index >= 15 is 0 Å². The molecule has 0 fully saturated rings. The Morgan fingerprint density at radius 1 is 1.25 bits per heavy atom. The van der Waals surface area contributed by atoms with Crippen LogP contribution in [0, 0.1) is 13.8 Å². The number of rotatable bonds is 6. The van der Waals surface area contributed by atoms with Gasteiger partial charge in [0.25, 0.3) is 0 Å². The average molecular weight is 366 g/mol. The van der Waals surface area contributed by atoms with Crippen LogP contribution in [0.1, 0.15) is 17.0 Å². The van der Waals surface area contributed by atoms with E-state index in [1.165, 1.54) is 16.2 Å². The first kappa shape index (κ1) is 18.7. The smallest absolute Gasteiger partial charge is 0.191 e. The number of thioether (sulfide) groups is 1. The van der Waals surface area contributed by atoms with Crippen molar-refractivity contribution < 1.29 is 0 Å². The molecule has 5 nitrogen and oxygen atoms in total. The van der Waals surface area contributed by atoms with Gasteiger partial charge in [-0.15, -0.1) is 11.8 Å². The molecule has 0 saturated heterocycles. The summed E-state index contributed by atoms with van der Waals surface area (Å²) < 4.78 is 1.91. The largest absolute Gasteiger partial charge is 0.356 e. The molecule has 24 heavy (non-hydrogen) atoms. The van der Waals surface area contributed by atoms with Crippen molar-refractivity contribution in [2.45, 2.75) is 25.3 Å². The topological polar surface area (TPSA) is 54.2 Å². The monoisotopic (exact) mass is 365 g/mol. The highest BCUT2D eigenvalue weighted by Crippen LogP contribution is 2.19. The Labute approximate surface area is 152 Å². The number of benzene rings is 1. The molecule has 2 rings (SSSR count). The molecule has 1 aromatic heterocycles. The number of hydrogen-bond acceptors (Lipinski definition) is 3. The quantitative estimate of drug-likeness (QED) is 0.357. The highest BCUT2D eigenvalue weighted by Gasteiger charge is 2.09. The predicted octanol–water partition coefficient (Wildman–Crippen LogP) is 3.15. The summed E-state index contributed by atoms with van der Waals surface area (Å²) in [5.74, 6) is 1.75. The fourth-order valence-corrected chi connectivity index (χ4v) is 3.23. The summed E-state index contributed by atoms with van der Waals surface area (Å²) >= 11 is 7.68. The molecule has 0 aliphatic carbocycles.